The van der Waals surface area contributed by atoms with Gasteiger partial charge in [0.25, 0.3) is 0 Å². The van der Waals surface area contributed by atoms with Gasteiger partial charge in [0.05, 0.1) is 11.8 Å². The lowest BCUT2D eigenvalue weighted by Gasteiger charge is -2.10. The summed E-state index contributed by atoms with van der Waals surface area (Å²) in [6.45, 7) is 0. The van der Waals surface area contributed by atoms with Crippen molar-refractivity contribution in [3.63, 3.8) is 0 Å². The minimum atomic E-state index is -0.818. The van der Waals surface area contributed by atoms with Crippen LogP contribution in [-0.4, -0.2) is 5.91 Å². The van der Waals surface area contributed by atoms with Crippen LogP contribution in [0.1, 0.15) is 12.8 Å². The molecule has 5 heteroatoms. The van der Waals surface area contributed by atoms with Crippen LogP contribution in [0, 0.1) is 16.7 Å². The Balaban J connectivity index is 2.19. The van der Waals surface area contributed by atoms with E-state index in [0.29, 0.717) is 23.6 Å². The van der Waals surface area contributed by atoms with Gasteiger partial charge >= 0.3 is 0 Å². The number of carbonyl (C=O) groups is 1. The van der Waals surface area contributed by atoms with Crippen molar-refractivity contribution < 1.29 is 4.79 Å². The predicted molar refractivity (Wildman–Crippen MR) is 65.1 cm³/mol. The molecule has 0 saturated heterocycles. The molecule has 1 aromatic carbocycles. The van der Waals surface area contributed by atoms with E-state index in [1.807, 2.05) is 6.07 Å². The van der Waals surface area contributed by atoms with Crippen LogP contribution in [0.4, 0.5) is 5.69 Å². The molecule has 16 heavy (non-hydrogen) atoms. The minimum absolute atomic E-state index is 0.252. The highest BCUT2D eigenvalue weighted by molar-refractivity contribution is 9.10. The van der Waals surface area contributed by atoms with Crippen molar-refractivity contribution in [1.82, 2.24) is 0 Å². The first-order valence-corrected chi connectivity index (χ1v) is 5.92. The number of nitriles is 1. The van der Waals surface area contributed by atoms with Crippen LogP contribution < -0.4 is 5.32 Å². The molecule has 0 radical (unpaired) electrons. The first-order chi connectivity index (χ1) is 7.57. The van der Waals surface area contributed by atoms with Crippen LogP contribution in [0.15, 0.2) is 22.7 Å². The zero-order valence-corrected chi connectivity index (χ0v) is 10.6. The second-order valence-corrected chi connectivity index (χ2v) is 5.06. The maximum absolute atomic E-state index is 11.8. The van der Waals surface area contributed by atoms with E-state index in [-0.39, 0.29) is 5.91 Å². The highest BCUT2D eigenvalue weighted by atomic mass is 79.9. The lowest BCUT2D eigenvalue weighted by atomic mass is 10.1. The van der Waals surface area contributed by atoms with Gasteiger partial charge in [0.2, 0.25) is 5.91 Å². The van der Waals surface area contributed by atoms with Crippen molar-refractivity contribution in [3.8, 4) is 6.07 Å². The molecule has 0 bridgehead atoms. The van der Waals surface area contributed by atoms with E-state index in [4.69, 9.17) is 16.9 Å². The summed E-state index contributed by atoms with van der Waals surface area (Å²) in [4.78, 5) is 11.8. The Bertz CT molecular complexity index is 491. The van der Waals surface area contributed by atoms with Gasteiger partial charge in [0, 0.05) is 9.50 Å². The summed E-state index contributed by atoms with van der Waals surface area (Å²) in [5.74, 6) is -0.252. The van der Waals surface area contributed by atoms with E-state index < -0.39 is 5.41 Å². The molecular formula is C11H8BrClN2O. The first-order valence-electron chi connectivity index (χ1n) is 4.75. The number of hydrogen-bond acceptors (Lipinski definition) is 2. The van der Waals surface area contributed by atoms with Gasteiger partial charge in [-0.1, -0.05) is 11.6 Å². The van der Waals surface area contributed by atoms with Crippen molar-refractivity contribution >= 4 is 39.1 Å². The number of halogens is 2. The van der Waals surface area contributed by atoms with Gasteiger partial charge in [-0.2, -0.15) is 5.26 Å². The molecule has 0 aliphatic heterocycles. The molecular weight excluding hydrogens is 291 g/mol. The molecule has 1 aromatic rings. The molecule has 1 fully saturated rings. The van der Waals surface area contributed by atoms with Crippen molar-refractivity contribution in [3.05, 3.63) is 27.7 Å². The molecule has 1 aliphatic carbocycles. The Kier molecular flexibility index (Phi) is 2.92. The predicted octanol–water partition coefficient (Wildman–Crippen LogP) is 3.34. The highest BCUT2D eigenvalue weighted by Gasteiger charge is 2.50. The third kappa shape index (κ3) is 2.06. The highest BCUT2D eigenvalue weighted by Crippen LogP contribution is 2.46. The van der Waals surface area contributed by atoms with E-state index in [0.717, 1.165) is 4.47 Å². The molecule has 1 aliphatic rings. The first kappa shape index (κ1) is 11.4. The number of nitrogens with one attached hydrogen (secondary N) is 1. The Morgan fingerprint density at radius 1 is 1.56 bits per heavy atom. The summed E-state index contributed by atoms with van der Waals surface area (Å²) in [7, 11) is 0. The van der Waals surface area contributed by atoms with E-state index in [9.17, 15) is 4.79 Å². The van der Waals surface area contributed by atoms with E-state index in [1.54, 1.807) is 18.2 Å². The van der Waals surface area contributed by atoms with E-state index >= 15 is 0 Å². The number of rotatable bonds is 2. The van der Waals surface area contributed by atoms with Crippen LogP contribution in [0.3, 0.4) is 0 Å². The number of hydrogen-bond donors (Lipinski definition) is 1. The van der Waals surface area contributed by atoms with E-state index in [2.05, 4.69) is 21.2 Å². The molecule has 0 spiro atoms. The second kappa shape index (κ2) is 4.08. The summed E-state index contributed by atoms with van der Waals surface area (Å²) in [5.41, 5.74) is -0.221. The Morgan fingerprint density at radius 2 is 2.25 bits per heavy atom. The van der Waals surface area contributed by atoms with Gasteiger partial charge in [0.1, 0.15) is 5.41 Å². The third-order valence-electron chi connectivity index (χ3n) is 2.58. The topological polar surface area (TPSA) is 52.9 Å². The minimum Gasteiger partial charge on any atom is -0.324 e. The van der Waals surface area contributed by atoms with Crippen LogP contribution in [-0.2, 0) is 4.79 Å². The lowest BCUT2D eigenvalue weighted by Crippen LogP contribution is -2.22. The fourth-order valence-electron chi connectivity index (χ4n) is 1.35. The van der Waals surface area contributed by atoms with Gasteiger partial charge in [-0.3, -0.25) is 4.79 Å². The van der Waals surface area contributed by atoms with Crippen LogP contribution in [0.5, 0.6) is 0 Å². The molecule has 82 valence electrons. The van der Waals surface area contributed by atoms with Crippen LogP contribution in [0.2, 0.25) is 5.02 Å². The quantitative estimate of drug-likeness (QED) is 0.910. The van der Waals surface area contributed by atoms with E-state index in [1.165, 1.54) is 0 Å². The monoisotopic (exact) mass is 298 g/mol. The van der Waals surface area contributed by atoms with Gasteiger partial charge in [-0.05, 0) is 47.0 Å². The zero-order valence-electron chi connectivity index (χ0n) is 8.26. The summed E-state index contributed by atoms with van der Waals surface area (Å²) in [6, 6.07) is 7.17. The normalized spacial score (nSPS) is 16.3. The average molecular weight is 300 g/mol. The standard InChI is InChI=1S/C11H8BrClN2O/c12-8-2-1-7(13)5-9(8)15-10(16)11(6-14)3-4-11/h1-2,5H,3-4H2,(H,15,16). The number of carbonyl (C=O) groups excluding carboxylic acids is 1. The Morgan fingerprint density at radius 3 is 2.81 bits per heavy atom. The van der Waals surface area contributed by atoms with Crippen LogP contribution in [0.25, 0.3) is 0 Å². The van der Waals surface area contributed by atoms with Crippen molar-refractivity contribution in [2.45, 2.75) is 12.8 Å². The van der Waals surface area contributed by atoms with Crippen molar-refractivity contribution in [1.29, 1.82) is 5.26 Å². The fourth-order valence-corrected chi connectivity index (χ4v) is 1.87. The summed E-state index contributed by atoms with van der Waals surface area (Å²) in [6.07, 6.45) is 1.26. The molecule has 0 heterocycles. The third-order valence-corrected chi connectivity index (χ3v) is 3.50. The van der Waals surface area contributed by atoms with Crippen molar-refractivity contribution in [2.75, 3.05) is 5.32 Å². The van der Waals surface area contributed by atoms with Gasteiger partial charge in [-0.25, -0.2) is 0 Å². The number of anilines is 1. The maximum Gasteiger partial charge on any atom is 0.244 e. The van der Waals surface area contributed by atoms with Crippen molar-refractivity contribution in [2.24, 2.45) is 5.41 Å². The molecule has 0 atom stereocenters. The maximum atomic E-state index is 11.8. The summed E-state index contributed by atoms with van der Waals surface area (Å²) in [5, 5.41) is 12.1. The lowest BCUT2D eigenvalue weighted by molar-refractivity contribution is -0.119. The molecule has 2 rings (SSSR count). The summed E-state index contributed by atoms with van der Waals surface area (Å²) >= 11 is 9.14. The van der Waals surface area contributed by atoms with Gasteiger partial charge < -0.3 is 5.32 Å². The molecule has 1 amide bonds. The smallest absolute Gasteiger partial charge is 0.244 e. The molecule has 0 aromatic heterocycles. The number of nitrogens with zero attached hydrogens (tertiary/aromatic N) is 1. The molecule has 1 N–H and O–H groups in total. The largest absolute Gasteiger partial charge is 0.324 e. The number of amides is 1. The average Bonchev–Trinajstić information content (AvgIpc) is 3.04. The Hall–Kier alpha value is -1.05. The van der Waals surface area contributed by atoms with Gasteiger partial charge in [-0.15, -0.1) is 0 Å². The fraction of sp³-hybridized carbons (Fsp3) is 0.273. The SMILES string of the molecule is N#CC1(C(=O)Nc2cc(Cl)ccc2Br)CC1. The molecule has 0 unspecified atom stereocenters. The number of benzene rings is 1. The van der Waals surface area contributed by atoms with Crippen LogP contribution >= 0.6 is 27.5 Å². The molecule has 1 saturated carbocycles. The zero-order chi connectivity index (χ0) is 11.8. The molecule has 3 nitrogen and oxygen atoms in total. The Labute approximate surface area is 107 Å². The second-order valence-electron chi connectivity index (χ2n) is 3.77. The summed E-state index contributed by atoms with van der Waals surface area (Å²) < 4.78 is 0.749. The van der Waals surface area contributed by atoms with Gasteiger partial charge in [0.15, 0.2) is 0 Å².